The number of halogens is 1. The quantitative estimate of drug-likeness (QED) is 0.291. The summed E-state index contributed by atoms with van der Waals surface area (Å²) in [6.45, 7) is 5.63. The van der Waals surface area contributed by atoms with E-state index in [4.69, 9.17) is 5.73 Å². The lowest BCUT2D eigenvalue weighted by molar-refractivity contribution is -0.179. The normalized spacial score (nSPS) is 21.8. The van der Waals surface area contributed by atoms with Crippen molar-refractivity contribution in [3.05, 3.63) is 72.2 Å². The molecule has 0 aliphatic heterocycles. The molecule has 40 heavy (non-hydrogen) atoms. The lowest BCUT2D eigenvalue weighted by Crippen LogP contribution is -2.75. The van der Waals surface area contributed by atoms with Crippen molar-refractivity contribution in [2.24, 2.45) is 5.41 Å². The summed E-state index contributed by atoms with van der Waals surface area (Å²) < 4.78 is 17.6. The highest BCUT2D eigenvalue weighted by Crippen LogP contribution is 2.70. The van der Waals surface area contributed by atoms with Crippen molar-refractivity contribution >= 4 is 23.0 Å². The number of carbonyl (C=O) groups is 1. The number of carbonyl (C=O) groups excluding carboxylic acids is 1. The van der Waals surface area contributed by atoms with E-state index in [0.717, 1.165) is 42.6 Å². The highest BCUT2D eigenvalue weighted by atomic mass is 19.1. The van der Waals surface area contributed by atoms with Crippen molar-refractivity contribution < 1.29 is 14.3 Å². The Bertz CT molecular complexity index is 1810. The first-order chi connectivity index (χ1) is 18.9. The zero-order chi connectivity index (χ0) is 28.0. The molecule has 204 valence electrons. The molecule has 3 aliphatic carbocycles. The van der Waals surface area contributed by atoms with Gasteiger partial charge in [-0.3, -0.25) is 9.20 Å². The van der Waals surface area contributed by atoms with Gasteiger partial charge in [-0.2, -0.15) is 0 Å². The summed E-state index contributed by atoms with van der Waals surface area (Å²) in [6.07, 6.45) is 8.75. The summed E-state index contributed by atoms with van der Waals surface area (Å²) in [6, 6.07) is 9.92. The fourth-order valence-electron chi connectivity index (χ4n) is 7.05. The van der Waals surface area contributed by atoms with Gasteiger partial charge in [-0.05, 0) is 88.3 Å². The number of aliphatic hydroxyl groups is 1. The number of pyridine rings is 1. The van der Waals surface area contributed by atoms with Crippen LogP contribution in [0.3, 0.4) is 0 Å². The van der Waals surface area contributed by atoms with Crippen molar-refractivity contribution in [3.63, 3.8) is 0 Å². The number of nitrogen functional groups attached to an aromatic ring is 1. The van der Waals surface area contributed by atoms with Gasteiger partial charge in [-0.1, -0.05) is 0 Å². The molecule has 0 radical (unpaired) electrons. The molecule has 2 bridgehead atoms. The Labute approximate surface area is 229 Å². The number of nitrogens with two attached hydrogens (primary N) is 1. The van der Waals surface area contributed by atoms with Crippen molar-refractivity contribution in [3.8, 4) is 22.5 Å². The van der Waals surface area contributed by atoms with E-state index in [0.29, 0.717) is 22.6 Å². The van der Waals surface area contributed by atoms with Gasteiger partial charge in [0.1, 0.15) is 17.2 Å². The smallest absolute Gasteiger partial charge is 0.271 e. The molecule has 0 spiro atoms. The summed E-state index contributed by atoms with van der Waals surface area (Å²) in [5, 5.41) is 13.4. The molecule has 9 nitrogen and oxygen atoms in total. The third-order valence-electron chi connectivity index (χ3n) is 8.27. The molecule has 0 atom stereocenters. The molecular weight excluding hydrogens is 509 g/mol. The predicted octanol–water partition coefficient (Wildman–Crippen LogP) is 4.55. The highest BCUT2D eigenvalue weighted by molar-refractivity contribution is 5.95. The van der Waals surface area contributed by atoms with Gasteiger partial charge in [-0.25, -0.2) is 19.3 Å². The minimum atomic E-state index is -0.723. The van der Waals surface area contributed by atoms with Gasteiger partial charge in [0.05, 0.1) is 17.0 Å². The number of hydrogen-bond donors (Lipinski definition) is 3. The monoisotopic (exact) mass is 539 g/mol. The van der Waals surface area contributed by atoms with Crippen molar-refractivity contribution in [2.45, 2.75) is 57.6 Å². The number of anilines is 1. The maximum atomic E-state index is 13.8. The fourth-order valence-corrected chi connectivity index (χ4v) is 7.05. The number of rotatable bonds is 6. The molecule has 0 unspecified atom stereocenters. The zero-order valence-corrected chi connectivity index (χ0v) is 22.6. The average molecular weight is 540 g/mol. The SMILES string of the molecule is Cc1cnc2ccc(-c3c(-c4ccc(F)cc4)nc(N)c4nc(C(=O)NC56CC(CC(C)(C)O)(C5)C6)cn34)cn12. The molecule has 4 aromatic heterocycles. The van der Waals surface area contributed by atoms with Gasteiger partial charge < -0.3 is 20.6 Å². The second-order valence-electron chi connectivity index (χ2n) is 12.3. The summed E-state index contributed by atoms with van der Waals surface area (Å²) in [5.74, 6) is -0.458. The third-order valence-corrected chi connectivity index (χ3v) is 8.27. The van der Waals surface area contributed by atoms with Crippen LogP contribution in [0.5, 0.6) is 0 Å². The standard InChI is InChI=1S/C30H30FN7O2/c1-17-10-33-22-9-6-19(11-37(17)22)24-23(18-4-7-20(31)8-5-18)35-25(32)26-34-21(12-38(24)26)27(39)36-30-14-29(15-30,16-30)13-28(2,3)40/h4-12,40H,13-16H2,1-3H3,(H2,32,35)(H,36,39). The first kappa shape index (κ1) is 24.7. The van der Waals surface area contributed by atoms with Crippen molar-refractivity contribution in [2.75, 3.05) is 5.73 Å². The Balaban J connectivity index is 1.30. The molecule has 3 fully saturated rings. The Kier molecular flexibility index (Phi) is 5.01. The topological polar surface area (TPSA) is 123 Å². The summed E-state index contributed by atoms with van der Waals surface area (Å²) >= 11 is 0. The predicted molar refractivity (Wildman–Crippen MR) is 149 cm³/mol. The molecule has 5 aromatic rings. The van der Waals surface area contributed by atoms with Crippen LogP contribution in [-0.4, -0.2) is 45.9 Å². The second-order valence-corrected chi connectivity index (χ2v) is 12.3. The van der Waals surface area contributed by atoms with Crippen LogP contribution < -0.4 is 11.1 Å². The van der Waals surface area contributed by atoms with Gasteiger partial charge in [0.15, 0.2) is 11.5 Å². The summed E-state index contributed by atoms with van der Waals surface area (Å²) in [4.78, 5) is 27.1. The number of hydrogen-bond acceptors (Lipinski definition) is 6. The molecule has 3 aliphatic rings. The van der Waals surface area contributed by atoms with Crippen LogP contribution in [0.2, 0.25) is 0 Å². The van der Waals surface area contributed by atoms with E-state index >= 15 is 0 Å². The number of benzene rings is 1. The van der Waals surface area contributed by atoms with E-state index in [1.807, 2.05) is 43.5 Å². The first-order valence-electron chi connectivity index (χ1n) is 13.4. The van der Waals surface area contributed by atoms with Gasteiger partial charge in [0.2, 0.25) is 0 Å². The molecule has 3 saturated carbocycles. The van der Waals surface area contributed by atoms with Crippen molar-refractivity contribution in [1.82, 2.24) is 29.1 Å². The van der Waals surface area contributed by atoms with Gasteiger partial charge in [0, 0.05) is 41.0 Å². The molecule has 1 aromatic carbocycles. The number of nitrogens with zero attached hydrogens (tertiary/aromatic N) is 5. The number of aryl methyl sites for hydroxylation is 1. The first-order valence-corrected chi connectivity index (χ1v) is 13.4. The molecule has 0 saturated heterocycles. The van der Waals surface area contributed by atoms with Crippen LogP contribution in [-0.2, 0) is 0 Å². The lowest BCUT2D eigenvalue weighted by Gasteiger charge is -2.71. The van der Waals surface area contributed by atoms with E-state index < -0.39 is 5.60 Å². The van der Waals surface area contributed by atoms with Gasteiger partial charge in [0.25, 0.3) is 5.91 Å². The van der Waals surface area contributed by atoms with Crippen molar-refractivity contribution in [1.29, 1.82) is 0 Å². The number of aromatic nitrogens is 5. The summed E-state index contributed by atoms with van der Waals surface area (Å²) in [7, 11) is 0. The van der Waals surface area contributed by atoms with Gasteiger partial charge >= 0.3 is 0 Å². The van der Waals surface area contributed by atoms with Gasteiger partial charge in [-0.15, -0.1) is 0 Å². The Morgan fingerprint density at radius 3 is 2.48 bits per heavy atom. The van der Waals surface area contributed by atoms with Crippen LogP contribution in [0.4, 0.5) is 10.2 Å². The lowest BCUT2D eigenvalue weighted by atomic mass is 9.37. The Hall–Kier alpha value is -4.31. The number of amides is 1. The fraction of sp³-hybridized carbons (Fsp3) is 0.333. The zero-order valence-electron chi connectivity index (χ0n) is 22.6. The van der Waals surface area contributed by atoms with E-state index in [9.17, 15) is 14.3 Å². The number of fused-ring (bicyclic) bond motifs is 2. The molecule has 4 N–H and O–H groups in total. The maximum Gasteiger partial charge on any atom is 0.271 e. The maximum absolute atomic E-state index is 13.8. The number of nitrogens with one attached hydrogen (secondary N) is 1. The second kappa shape index (κ2) is 8.11. The van der Waals surface area contributed by atoms with E-state index in [2.05, 4.69) is 20.3 Å². The Morgan fingerprint density at radius 2 is 1.77 bits per heavy atom. The molecule has 1 amide bonds. The van der Waals surface area contributed by atoms with Crippen LogP contribution in [0.15, 0.2) is 55.0 Å². The van der Waals surface area contributed by atoms with Crippen LogP contribution in [0.1, 0.15) is 55.7 Å². The summed E-state index contributed by atoms with van der Waals surface area (Å²) in [5.41, 5.74) is 10.6. The molecule has 4 heterocycles. The largest absolute Gasteiger partial charge is 0.390 e. The molecular formula is C30H30FN7O2. The van der Waals surface area contributed by atoms with E-state index in [1.54, 1.807) is 28.9 Å². The molecule has 8 rings (SSSR count). The Morgan fingerprint density at radius 1 is 1.07 bits per heavy atom. The van der Waals surface area contributed by atoms with E-state index in [-0.39, 0.29) is 34.2 Å². The van der Waals surface area contributed by atoms with Crippen LogP contribution in [0, 0.1) is 18.2 Å². The van der Waals surface area contributed by atoms with E-state index in [1.165, 1.54) is 12.1 Å². The minimum Gasteiger partial charge on any atom is -0.390 e. The van der Waals surface area contributed by atoms with Crippen LogP contribution >= 0.6 is 0 Å². The highest BCUT2D eigenvalue weighted by Gasteiger charge is 2.69. The number of imidazole rings is 2. The minimum absolute atomic E-state index is 0.111. The average Bonchev–Trinajstić information content (AvgIpc) is 3.46. The van der Waals surface area contributed by atoms with Crippen LogP contribution in [0.25, 0.3) is 33.8 Å². The third kappa shape index (κ3) is 3.85. The molecule has 10 heteroatoms.